The van der Waals surface area contributed by atoms with Crippen molar-refractivity contribution in [3.8, 4) is 17.1 Å². The van der Waals surface area contributed by atoms with Gasteiger partial charge in [-0.1, -0.05) is 37.2 Å². The SMILES string of the molecule is CCCCn1c(SCC(=O)Nc2ccccc2Br)nnc1-c1ccc(OC)cc1. The highest BCUT2D eigenvalue weighted by Gasteiger charge is 2.16. The molecule has 29 heavy (non-hydrogen) atoms. The van der Waals surface area contributed by atoms with Crippen molar-refractivity contribution < 1.29 is 9.53 Å². The molecule has 1 aromatic heterocycles. The molecule has 0 saturated carbocycles. The molecule has 0 spiro atoms. The van der Waals surface area contributed by atoms with Crippen LogP contribution >= 0.6 is 27.7 Å². The van der Waals surface area contributed by atoms with Crippen molar-refractivity contribution in [1.82, 2.24) is 14.8 Å². The number of carbonyl (C=O) groups is 1. The Hall–Kier alpha value is -2.32. The number of para-hydroxylation sites is 1. The number of unbranched alkanes of at least 4 members (excludes halogenated alkanes) is 1. The highest BCUT2D eigenvalue weighted by Crippen LogP contribution is 2.27. The number of hydrogen-bond acceptors (Lipinski definition) is 5. The zero-order valence-corrected chi connectivity index (χ0v) is 18.8. The number of benzene rings is 2. The molecule has 0 saturated heterocycles. The second-order valence-electron chi connectivity index (χ2n) is 6.36. The maximum Gasteiger partial charge on any atom is 0.234 e. The molecule has 0 unspecified atom stereocenters. The highest BCUT2D eigenvalue weighted by atomic mass is 79.9. The Kier molecular flexibility index (Phi) is 7.71. The van der Waals surface area contributed by atoms with Crippen LogP contribution in [-0.2, 0) is 11.3 Å². The zero-order valence-electron chi connectivity index (χ0n) is 16.4. The Morgan fingerprint density at radius 1 is 1.17 bits per heavy atom. The third kappa shape index (κ3) is 5.61. The predicted molar refractivity (Wildman–Crippen MR) is 120 cm³/mol. The summed E-state index contributed by atoms with van der Waals surface area (Å²) in [6, 6.07) is 15.3. The molecule has 0 aliphatic heterocycles. The van der Waals surface area contributed by atoms with E-state index in [2.05, 4.69) is 42.9 Å². The number of halogens is 1. The average molecular weight is 475 g/mol. The molecule has 0 aliphatic carbocycles. The molecular weight excluding hydrogens is 452 g/mol. The third-order valence-electron chi connectivity index (χ3n) is 4.28. The summed E-state index contributed by atoms with van der Waals surface area (Å²) < 4.78 is 8.17. The van der Waals surface area contributed by atoms with Crippen molar-refractivity contribution in [2.24, 2.45) is 0 Å². The van der Waals surface area contributed by atoms with Gasteiger partial charge in [0.2, 0.25) is 5.91 Å². The first-order valence-electron chi connectivity index (χ1n) is 9.37. The van der Waals surface area contributed by atoms with Gasteiger partial charge in [-0.05, 0) is 58.7 Å². The molecule has 0 atom stereocenters. The molecule has 0 fully saturated rings. The molecule has 1 amide bonds. The van der Waals surface area contributed by atoms with Gasteiger partial charge in [-0.15, -0.1) is 10.2 Å². The van der Waals surface area contributed by atoms with Gasteiger partial charge in [0.05, 0.1) is 18.6 Å². The van der Waals surface area contributed by atoms with E-state index in [0.29, 0.717) is 0 Å². The summed E-state index contributed by atoms with van der Waals surface area (Å²) in [5.74, 6) is 1.77. The van der Waals surface area contributed by atoms with Gasteiger partial charge in [-0.2, -0.15) is 0 Å². The predicted octanol–water partition coefficient (Wildman–Crippen LogP) is 5.25. The summed E-state index contributed by atoms with van der Waals surface area (Å²) in [4.78, 5) is 12.4. The fourth-order valence-electron chi connectivity index (χ4n) is 2.75. The standard InChI is InChI=1S/C21H23BrN4O2S/c1-3-4-13-26-20(15-9-11-16(28-2)12-10-15)24-25-21(26)29-14-19(27)23-18-8-6-5-7-17(18)22/h5-12H,3-4,13-14H2,1-2H3,(H,23,27). The van der Waals surface area contributed by atoms with E-state index in [-0.39, 0.29) is 11.7 Å². The van der Waals surface area contributed by atoms with Gasteiger partial charge >= 0.3 is 0 Å². The molecule has 0 aliphatic rings. The van der Waals surface area contributed by atoms with Crippen LogP contribution in [0.4, 0.5) is 5.69 Å². The van der Waals surface area contributed by atoms with Crippen molar-refractivity contribution in [2.45, 2.75) is 31.5 Å². The van der Waals surface area contributed by atoms with Gasteiger partial charge < -0.3 is 14.6 Å². The van der Waals surface area contributed by atoms with Gasteiger partial charge in [0.15, 0.2) is 11.0 Å². The molecular formula is C21H23BrN4O2S. The summed E-state index contributed by atoms with van der Waals surface area (Å²) in [5.41, 5.74) is 1.73. The van der Waals surface area contributed by atoms with Crippen LogP contribution in [0.25, 0.3) is 11.4 Å². The Morgan fingerprint density at radius 3 is 2.62 bits per heavy atom. The second kappa shape index (κ2) is 10.5. The number of hydrogen-bond donors (Lipinski definition) is 1. The molecule has 3 rings (SSSR count). The van der Waals surface area contributed by atoms with E-state index >= 15 is 0 Å². The molecule has 1 heterocycles. The first kappa shape index (κ1) is 21.4. The number of ether oxygens (including phenoxy) is 1. The lowest BCUT2D eigenvalue weighted by Crippen LogP contribution is -2.15. The fourth-order valence-corrected chi connectivity index (χ4v) is 3.89. The van der Waals surface area contributed by atoms with E-state index in [9.17, 15) is 4.79 Å². The lowest BCUT2D eigenvalue weighted by molar-refractivity contribution is -0.113. The summed E-state index contributed by atoms with van der Waals surface area (Å²) >= 11 is 4.83. The summed E-state index contributed by atoms with van der Waals surface area (Å²) in [6.07, 6.45) is 2.07. The topological polar surface area (TPSA) is 69.0 Å². The largest absolute Gasteiger partial charge is 0.497 e. The van der Waals surface area contributed by atoms with Gasteiger partial charge in [0.25, 0.3) is 0 Å². The Bertz CT molecular complexity index is 960. The number of rotatable bonds is 9. The van der Waals surface area contributed by atoms with Crippen LogP contribution in [0.5, 0.6) is 5.75 Å². The third-order valence-corrected chi connectivity index (χ3v) is 5.94. The summed E-state index contributed by atoms with van der Waals surface area (Å²) in [5, 5.41) is 12.4. The smallest absolute Gasteiger partial charge is 0.234 e. The van der Waals surface area contributed by atoms with Crippen molar-refractivity contribution >= 4 is 39.3 Å². The van der Waals surface area contributed by atoms with Crippen LogP contribution in [0.1, 0.15) is 19.8 Å². The van der Waals surface area contributed by atoms with E-state index in [1.54, 1.807) is 7.11 Å². The number of thioether (sulfide) groups is 1. The number of anilines is 1. The molecule has 0 radical (unpaired) electrons. The second-order valence-corrected chi connectivity index (χ2v) is 8.15. The number of amides is 1. The van der Waals surface area contributed by atoms with Crippen LogP contribution in [0.15, 0.2) is 58.2 Å². The number of nitrogens with one attached hydrogen (secondary N) is 1. The molecule has 3 aromatic rings. The van der Waals surface area contributed by atoms with Crippen LogP contribution in [-0.4, -0.2) is 33.5 Å². The quantitative estimate of drug-likeness (QED) is 0.429. The Labute approximate surface area is 183 Å². The summed E-state index contributed by atoms with van der Waals surface area (Å²) in [6.45, 7) is 2.95. The molecule has 1 N–H and O–H groups in total. The van der Waals surface area contributed by atoms with Crippen LogP contribution in [0.3, 0.4) is 0 Å². The Morgan fingerprint density at radius 2 is 1.93 bits per heavy atom. The first-order valence-corrected chi connectivity index (χ1v) is 11.1. The maximum absolute atomic E-state index is 12.4. The van der Waals surface area contributed by atoms with Gasteiger partial charge in [-0.3, -0.25) is 4.79 Å². The molecule has 2 aromatic carbocycles. The van der Waals surface area contributed by atoms with E-state index in [0.717, 1.165) is 51.8 Å². The van der Waals surface area contributed by atoms with Crippen LogP contribution < -0.4 is 10.1 Å². The average Bonchev–Trinajstić information content (AvgIpc) is 3.15. The van der Waals surface area contributed by atoms with Crippen molar-refractivity contribution in [3.63, 3.8) is 0 Å². The first-order chi connectivity index (χ1) is 14.1. The molecule has 152 valence electrons. The van der Waals surface area contributed by atoms with E-state index in [4.69, 9.17) is 4.74 Å². The van der Waals surface area contributed by atoms with Crippen LogP contribution in [0, 0.1) is 0 Å². The minimum Gasteiger partial charge on any atom is -0.497 e. The van der Waals surface area contributed by atoms with Crippen LogP contribution in [0.2, 0.25) is 0 Å². The maximum atomic E-state index is 12.4. The van der Waals surface area contributed by atoms with E-state index in [1.807, 2.05) is 48.5 Å². The monoisotopic (exact) mass is 474 g/mol. The lowest BCUT2D eigenvalue weighted by atomic mass is 10.2. The number of methoxy groups -OCH3 is 1. The van der Waals surface area contributed by atoms with Gasteiger partial charge in [0, 0.05) is 16.6 Å². The van der Waals surface area contributed by atoms with Crippen molar-refractivity contribution in [1.29, 1.82) is 0 Å². The minimum absolute atomic E-state index is 0.0852. The molecule has 6 nitrogen and oxygen atoms in total. The molecule has 8 heteroatoms. The summed E-state index contributed by atoms with van der Waals surface area (Å²) in [7, 11) is 1.65. The van der Waals surface area contributed by atoms with E-state index in [1.165, 1.54) is 11.8 Å². The number of nitrogens with zero attached hydrogens (tertiary/aromatic N) is 3. The Balaban J connectivity index is 1.73. The fraction of sp³-hybridized carbons (Fsp3) is 0.286. The lowest BCUT2D eigenvalue weighted by Gasteiger charge is -2.10. The van der Waals surface area contributed by atoms with Gasteiger partial charge in [0.1, 0.15) is 5.75 Å². The number of aromatic nitrogens is 3. The normalized spacial score (nSPS) is 10.7. The van der Waals surface area contributed by atoms with Crippen molar-refractivity contribution in [2.75, 3.05) is 18.2 Å². The minimum atomic E-state index is -0.0852. The van der Waals surface area contributed by atoms with E-state index < -0.39 is 0 Å². The zero-order chi connectivity index (χ0) is 20.6. The number of carbonyl (C=O) groups excluding carboxylic acids is 1. The van der Waals surface area contributed by atoms with Crippen molar-refractivity contribution in [3.05, 3.63) is 53.0 Å². The highest BCUT2D eigenvalue weighted by molar-refractivity contribution is 9.10. The van der Waals surface area contributed by atoms with Gasteiger partial charge in [-0.25, -0.2) is 0 Å². The molecule has 0 bridgehead atoms.